The van der Waals surface area contributed by atoms with Gasteiger partial charge in [0.2, 0.25) is 0 Å². The molecule has 1 aromatic carbocycles. The molecular weight excluding hydrogens is 254 g/mol. The zero-order valence-electron chi connectivity index (χ0n) is 11.9. The van der Waals surface area contributed by atoms with Crippen molar-refractivity contribution in [3.05, 3.63) is 35.9 Å². The summed E-state index contributed by atoms with van der Waals surface area (Å²) in [6.07, 6.45) is 5.61. The van der Waals surface area contributed by atoms with Gasteiger partial charge in [-0.05, 0) is 43.4 Å². The number of aromatic hydroxyl groups is 1. The smallest absolute Gasteiger partial charge is 0.257 e. The zero-order chi connectivity index (χ0) is 14.5. The highest BCUT2D eigenvalue weighted by molar-refractivity contribution is 5.98. The van der Waals surface area contributed by atoms with Crippen LogP contribution in [0.5, 0.6) is 11.5 Å². The van der Waals surface area contributed by atoms with Gasteiger partial charge in [-0.3, -0.25) is 4.79 Å². The van der Waals surface area contributed by atoms with Crippen LogP contribution in [-0.4, -0.2) is 36.1 Å². The number of carbonyl (C=O) groups is 1. The average molecular weight is 275 g/mol. The molecule has 1 aliphatic rings. The van der Waals surface area contributed by atoms with E-state index in [1.165, 1.54) is 7.11 Å². The first kappa shape index (κ1) is 14.4. The number of hydrogen-bond acceptors (Lipinski definition) is 3. The van der Waals surface area contributed by atoms with Crippen LogP contribution in [0.1, 0.15) is 35.2 Å². The van der Waals surface area contributed by atoms with Crippen LogP contribution in [0, 0.1) is 0 Å². The number of likely N-dealkylation sites (tertiary alicyclic amines) is 1. The van der Waals surface area contributed by atoms with Crippen molar-refractivity contribution in [1.82, 2.24) is 4.90 Å². The second-order valence-corrected chi connectivity index (χ2v) is 5.04. The van der Waals surface area contributed by atoms with Crippen molar-refractivity contribution in [2.45, 2.75) is 25.7 Å². The van der Waals surface area contributed by atoms with Gasteiger partial charge in [0.15, 0.2) is 11.5 Å². The van der Waals surface area contributed by atoms with E-state index in [0.717, 1.165) is 37.9 Å². The lowest BCUT2D eigenvalue weighted by molar-refractivity contribution is 0.0720. The summed E-state index contributed by atoms with van der Waals surface area (Å²) in [7, 11) is 1.49. The number of benzene rings is 1. The number of ether oxygens (including phenoxy) is 1. The Bertz CT molecular complexity index is 505. The van der Waals surface area contributed by atoms with Crippen LogP contribution in [0.2, 0.25) is 0 Å². The van der Waals surface area contributed by atoms with Gasteiger partial charge in [0.1, 0.15) is 0 Å². The largest absolute Gasteiger partial charge is 0.504 e. The van der Waals surface area contributed by atoms with Gasteiger partial charge >= 0.3 is 0 Å². The fourth-order valence-corrected chi connectivity index (χ4v) is 2.54. The topological polar surface area (TPSA) is 49.8 Å². The van der Waals surface area contributed by atoms with Gasteiger partial charge in [0.05, 0.1) is 12.7 Å². The third kappa shape index (κ3) is 2.95. The Kier molecular flexibility index (Phi) is 4.66. The van der Waals surface area contributed by atoms with Gasteiger partial charge < -0.3 is 14.7 Å². The molecule has 1 amide bonds. The summed E-state index contributed by atoms with van der Waals surface area (Å²) >= 11 is 0. The molecule has 0 spiro atoms. The molecule has 4 heteroatoms. The summed E-state index contributed by atoms with van der Waals surface area (Å²) in [5, 5.41) is 10.2. The Labute approximate surface area is 119 Å². The Morgan fingerprint density at radius 3 is 2.70 bits per heavy atom. The number of rotatable bonds is 4. The van der Waals surface area contributed by atoms with Crippen molar-refractivity contribution >= 4 is 5.91 Å². The number of phenols is 1. The number of piperidine rings is 1. The van der Waals surface area contributed by atoms with Gasteiger partial charge in [-0.1, -0.05) is 6.08 Å². The molecule has 0 radical (unpaired) electrons. The Balaban J connectivity index is 2.35. The molecule has 0 saturated carbocycles. The molecule has 108 valence electrons. The molecule has 20 heavy (non-hydrogen) atoms. The molecule has 1 aliphatic heterocycles. The maximum absolute atomic E-state index is 12.5. The lowest BCUT2D eigenvalue weighted by Crippen LogP contribution is -2.35. The van der Waals surface area contributed by atoms with Gasteiger partial charge in [-0.2, -0.15) is 0 Å². The summed E-state index contributed by atoms with van der Waals surface area (Å²) < 4.78 is 5.16. The van der Waals surface area contributed by atoms with Crippen molar-refractivity contribution < 1.29 is 14.6 Å². The van der Waals surface area contributed by atoms with Crippen molar-refractivity contribution in [1.29, 1.82) is 0 Å². The van der Waals surface area contributed by atoms with Crippen LogP contribution in [0.4, 0.5) is 0 Å². The molecule has 0 unspecified atom stereocenters. The van der Waals surface area contributed by atoms with E-state index in [2.05, 4.69) is 6.58 Å². The van der Waals surface area contributed by atoms with Gasteiger partial charge in [-0.15, -0.1) is 6.58 Å². The number of nitrogens with zero attached hydrogens (tertiary/aromatic N) is 1. The van der Waals surface area contributed by atoms with Crippen LogP contribution >= 0.6 is 0 Å². The van der Waals surface area contributed by atoms with E-state index in [9.17, 15) is 9.90 Å². The summed E-state index contributed by atoms with van der Waals surface area (Å²) in [5.74, 6) is 0.145. The molecule has 1 saturated heterocycles. The van der Waals surface area contributed by atoms with Crippen LogP contribution in [-0.2, 0) is 6.42 Å². The molecule has 0 atom stereocenters. The summed E-state index contributed by atoms with van der Waals surface area (Å²) in [5.41, 5.74) is 1.23. The number of methoxy groups -OCH3 is 1. The van der Waals surface area contributed by atoms with E-state index in [0.29, 0.717) is 17.7 Å². The molecule has 0 aliphatic carbocycles. The summed E-state index contributed by atoms with van der Waals surface area (Å²) in [4.78, 5) is 14.3. The molecule has 2 rings (SSSR count). The minimum Gasteiger partial charge on any atom is -0.504 e. The van der Waals surface area contributed by atoms with E-state index < -0.39 is 0 Å². The number of allylic oxidation sites excluding steroid dienone is 1. The molecule has 0 aromatic heterocycles. The first-order valence-corrected chi connectivity index (χ1v) is 6.97. The highest BCUT2D eigenvalue weighted by Crippen LogP contribution is 2.33. The monoisotopic (exact) mass is 275 g/mol. The van der Waals surface area contributed by atoms with Gasteiger partial charge in [0.25, 0.3) is 5.91 Å². The van der Waals surface area contributed by atoms with Crippen molar-refractivity contribution in [2.75, 3.05) is 20.2 Å². The number of phenolic OH excluding ortho intramolecular Hbond substituents is 1. The zero-order valence-corrected chi connectivity index (χ0v) is 11.9. The highest BCUT2D eigenvalue weighted by Gasteiger charge is 2.23. The van der Waals surface area contributed by atoms with Crippen LogP contribution < -0.4 is 4.74 Å². The van der Waals surface area contributed by atoms with Gasteiger partial charge in [-0.25, -0.2) is 0 Å². The van der Waals surface area contributed by atoms with Crippen molar-refractivity contribution in [3.63, 3.8) is 0 Å². The molecule has 1 N–H and O–H groups in total. The van der Waals surface area contributed by atoms with E-state index in [1.54, 1.807) is 23.1 Å². The second kappa shape index (κ2) is 6.46. The predicted molar refractivity (Wildman–Crippen MR) is 78.3 cm³/mol. The molecule has 1 heterocycles. The molecule has 4 nitrogen and oxygen atoms in total. The highest BCUT2D eigenvalue weighted by atomic mass is 16.5. The lowest BCUT2D eigenvalue weighted by Gasteiger charge is -2.27. The van der Waals surface area contributed by atoms with Crippen LogP contribution in [0.15, 0.2) is 24.8 Å². The van der Waals surface area contributed by atoms with E-state index >= 15 is 0 Å². The van der Waals surface area contributed by atoms with Gasteiger partial charge in [0, 0.05) is 13.1 Å². The van der Waals surface area contributed by atoms with Crippen molar-refractivity contribution in [2.24, 2.45) is 0 Å². The van der Waals surface area contributed by atoms with E-state index in [4.69, 9.17) is 4.74 Å². The average Bonchev–Trinajstić information content (AvgIpc) is 2.49. The summed E-state index contributed by atoms with van der Waals surface area (Å²) in [6.45, 7) is 5.21. The SMILES string of the molecule is C=CCc1cc(OC)c(O)c(C(=O)N2CCCCC2)c1. The Morgan fingerprint density at radius 2 is 2.10 bits per heavy atom. The number of amides is 1. The summed E-state index contributed by atoms with van der Waals surface area (Å²) in [6, 6.07) is 3.47. The Morgan fingerprint density at radius 1 is 1.40 bits per heavy atom. The quantitative estimate of drug-likeness (QED) is 0.860. The van der Waals surface area contributed by atoms with Crippen LogP contribution in [0.3, 0.4) is 0 Å². The molecule has 1 aromatic rings. The van der Waals surface area contributed by atoms with Crippen molar-refractivity contribution in [3.8, 4) is 11.5 Å². The third-order valence-electron chi connectivity index (χ3n) is 3.61. The molecule has 0 bridgehead atoms. The normalized spacial score (nSPS) is 14.9. The van der Waals surface area contributed by atoms with E-state index in [-0.39, 0.29) is 11.7 Å². The van der Waals surface area contributed by atoms with Crippen LogP contribution in [0.25, 0.3) is 0 Å². The maximum Gasteiger partial charge on any atom is 0.257 e. The predicted octanol–water partition coefficient (Wildman–Crippen LogP) is 2.76. The fraction of sp³-hybridized carbons (Fsp3) is 0.438. The first-order valence-electron chi connectivity index (χ1n) is 6.97. The minimum absolute atomic E-state index is 0.0733. The Hall–Kier alpha value is -1.97. The minimum atomic E-state index is -0.119. The maximum atomic E-state index is 12.5. The second-order valence-electron chi connectivity index (χ2n) is 5.04. The fourth-order valence-electron chi connectivity index (χ4n) is 2.54. The van der Waals surface area contributed by atoms with E-state index in [1.807, 2.05) is 0 Å². The number of carbonyl (C=O) groups excluding carboxylic acids is 1. The number of hydrogen-bond donors (Lipinski definition) is 1. The molecule has 1 fully saturated rings. The first-order chi connectivity index (χ1) is 9.67. The standard InChI is InChI=1S/C16H21NO3/c1-3-7-12-10-13(15(18)14(11-12)20-2)16(19)17-8-5-4-6-9-17/h3,10-11,18H,1,4-9H2,2H3. The molecular formula is C16H21NO3. The third-order valence-corrected chi connectivity index (χ3v) is 3.61. The lowest BCUT2D eigenvalue weighted by atomic mass is 10.0.